The minimum atomic E-state index is -3.82. The summed E-state index contributed by atoms with van der Waals surface area (Å²) in [6, 6.07) is 13.0. The minimum absolute atomic E-state index is 0.0588. The molecule has 1 amide bonds. The molecule has 0 saturated heterocycles. The van der Waals surface area contributed by atoms with Crippen LogP contribution in [0.4, 0.5) is 0 Å². The molecule has 8 nitrogen and oxygen atoms in total. The third kappa shape index (κ3) is 5.74. The Hall–Kier alpha value is -2.27. The molecule has 2 aromatic carbocycles. The van der Waals surface area contributed by atoms with Crippen molar-refractivity contribution in [1.82, 2.24) is 19.3 Å². The average molecular weight is 542 g/mol. The van der Waals surface area contributed by atoms with Crippen molar-refractivity contribution in [3.8, 4) is 11.4 Å². The zero-order valence-corrected chi connectivity index (χ0v) is 20.9. The van der Waals surface area contributed by atoms with Crippen LogP contribution in [-0.4, -0.2) is 53.3 Å². The zero-order chi connectivity index (χ0) is 23.5. The lowest BCUT2D eigenvalue weighted by atomic mass is 10.2. The number of hydrogen-bond acceptors (Lipinski definition) is 6. The minimum Gasteiger partial charge on any atom is -0.337 e. The van der Waals surface area contributed by atoms with Crippen molar-refractivity contribution in [3.05, 3.63) is 63.9 Å². The van der Waals surface area contributed by atoms with Crippen molar-refractivity contribution in [2.45, 2.75) is 31.3 Å². The predicted octanol–water partition coefficient (Wildman–Crippen LogP) is 4.21. The molecule has 0 aliphatic carbocycles. The molecule has 170 valence electrons. The number of hydrogen-bond donors (Lipinski definition) is 0. The van der Waals surface area contributed by atoms with E-state index < -0.39 is 10.0 Å². The van der Waals surface area contributed by atoms with Gasteiger partial charge in [-0.05, 0) is 62.4 Å². The first kappa shape index (κ1) is 24.4. The highest BCUT2D eigenvalue weighted by Gasteiger charge is 2.27. The van der Waals surface area contributed by atoms with E-state index in [1.54, 1.807) is 36.4 Å². The zero-order valence-electron chi connectivity index (χ0n) is 17.7. The van der Waals surface area contributed by atoms with Crippen molar-refractivity contribution in [1.29, 1.82) is 0 Å². The van der Waals surface area contributed by atoms with Crippen LogP contribution in [0.3, 0.4) is 0 Å². The van der Waals surface area contributed by atoms with Gasteiger partial charge in [0.05, 0.1) is 11.4 Å². The van der Waals surface area contributed by atoms with Crippen LogP contribution in [0.1, 0.15) is 19.7 Å². The van der Waals surface area contributed by atoms with Crippen LogP contribution in [-0.2, 0) is 21.4 Å². The number of benzene rings is 2. The molecule has 0 bridgehead atoms. The number of carbonyl (C=O) groups is 1. The lowest BCUT2D eigenvalue weighted by molar-refractivity contribution is -0.134. The monoisotopic (exact) mass is 540 g/mol. The van der Waals surface area contributed by atoms with Gasteiger partial charge in [-0.3, -0.25) is 4.79 Å². The highest BCUT2D eigenvalue weighted by atomic mass is 79.9. The van der Waals surface area contributed by atoms with E-state index in [1.165, 1.54) is 24.1 Å². The molecule has 0 N–H and O–H groups in total. The highest BCUT2D eigenvalue weighted by molar-refractivity contribution is 9.10. The van der Waals surface area contributed by atoms with E-state index in [0.717, 1.165) is 14.3 Å². The quantitative estimate of drug-likeness (QED) is 0.424. The smallest absolute Gasteiger partial charge is 0.246 e. The van der Waals surface area contributed by atoms with Crippen LogP contribution in [0.25, 0.3) is 11.4 Å². The van der Waals surface area contributed by atoms with Gasteiger partial charge >= 0.3 is 0 Å². The summed E-state index contributed by atoms with van der Waals surface area (Å²) in [5, 5.41) is 4.55. The molecular formula is C21H22BrClN4O4S. The maximum atomic E-state index is 13.0. The second-order valence-electron chi connectivity index (χ2n) is 7.35. The third-order valence-corrected chi connectivity index (χ3v) is 7.30. The Kier molecular flexibility index (Phi) is 7.71. The predicted molar refractivity (Wildman–Crippen MR) is 124 cm³/mol. The molecule has 11 heteroatoms. The summed E-state index contributed by atoms with van der Waals surface area (Å²) in [4.78, 5) is 18.9. The third-order valence-electron chi connectivity index (χ3n) is 4.70. The van der Waals surface area contributed by atoms with Crippen molar-refractivity contribution < 1.29 is 17.7 Å². The summed E-state index contributed by atoms with van der Waals surface area (Å²) in [7, 11) is -2.44. The summed E-state index contributed by atoms with van der Waals surface area (Å²) in [5.74, 6) is 0.243. The standard InChI is InChI=1S/C21H22BrClN4O4S/c1-14(2)27(12-19-24-21(25-31-19)15-4-8-17(23)9-5-15)20(28)13-26(3)32(29,30)18-10-6-16(22)7-11-18/h4-11,14H,12-13H2,1-3H3. The molecule has 0 atom stereocenters. The first-order chi connectivity index (χ1) is 15.1. The van der Waals surface area contributed by atoms with E-state index in [-0.39, 0.29) is 35.8 Å². The van der Waals surface area contributed by atoms with Crippen LogP contribution in [0.2, 0.25) is 5.02 Å². The lowest BCUT2D eigenvalue weighted by Gasteiger charge is -2.27. The number of likely N-dealkylation sites (N-methyl/N-ethyl adjacent to an activating group) is 1. The molecule has 0 unspecified atom stereocenters. The second kappa shape index (κ2) is 10.1. The Morgan fingerprint density at radius 2 is 1.75 bits per heavy atom. The van der Waals surface area contributed by atoms with Gasteiger partial charge in [0.15, 0.2) is 0 Å². The van der Waals surface area contributed by atoms with Gasteiger partial charge in [-0.2, -0.15) is 9.29 Å². The summed E-state index contributed by atoms with van der Waals surface area (Å²) in [6.45, 7) is 3.40. The molecule has 1 heterocycles. The largest absolute Gasteiger partial charge is 0.337 e. The van der Waals surface area contributed by atoms with Crippen LogP contribution in [0.5, 0.6) is 0 Å². The molecule has 0 fully saturated rings. The molecule has 3 rings (SSSR count). The summed E-state index contributed by atoms with van der Waals surface area (Å²) in [6.07, 6.45) is 0. The molecule has 0 saturated carbocycles. The molecule has 1 aromatic heterocycles. The molecule has 0 radical (unpaired) electrons. The van der Waals surface area contributed by atoms with E-state index in [9.17, 15) is 13.2 Å². The number of sulfonamides is 1. The number of carbonyl (C=O) groups excluding carboxylic acids is 1. The molecule has 32 heavy (non-hydrogen) atoms. The normalized spacial score (nSPS) is 11.8. The van der Waals surface area contributed by atoms with Crippen LogP contribution >= 0.6 is 27.5 Å². The van der Waals surface area contributed by atoms with Gasteiger partial charge in [-0.15, -0.1) is 0 Å². The summed E-state index contributed by atoms with van der Waals surface area (Å²) >= 11 is 9.19. The molecular weight excluding hydrogens is 520 g/mol. The number of amides is 1. The van der Waals surface area contributed by atoms with Crippen molar-refractivity contribution >= 4 is 43.5 Å². The maximum absolute atomic E-state index is 13.0. The molecule has 0 aliphatic heterocycles. The maximum Gasteiger partial charge on any atom is 0.246 e. The van der Waals surface area contributed by atoms with Gasteiger partial charge in [-0.1, -0.05) is 32.7 Å². The lowest BCUT2D eigenvalue weighted by Crippen LogP contribution is -2.43. The van der Waals surface area contributed by atoms with E-state index in [2.05, 4.69) is 26.1 Å². The first-order valence-corrected chi connectivity index (χ1v) is 12.3. The Bertz CT molecular complexity index is 1180. The van der Waals surface area contributed by atoms with Crippen molar-refractivity contribution in [3.63, 3.8) is 0 Å². The summed E-state index contributed by atoms with van der Waals surface area (Å²) in [5.41, 5.74) is 0.729. The van der Waals surface area contributed by atoms with Gasteiger partial charge < -0.3 is 9.42 Å². The number of halogens is 2. The van der Waals surface area contributed by atoms with Gasteiger partial charge in [0.2, 0.25) is 27.6 Å². The Morgan fingerprint density at radius 1 is 1.12 bits per heavy atom. The number of nitrogens with zero attached hydrogens (tertiary/aromatic N) is 4. The van der Waals surface area contributed by atoms with Crippen molar-refractivity contribution in [2.75, 3.05) is 13.6 Å². The van der Waals surface area contributed by atoms with Crippen LogP contribution in [0.15, 0.2) is 62.4 Å². The van der Waals surface area contributed by atoms with Crippen molar-refractivity contribution in [2.24, 2.45) is 0 Å². The van der Waals surface area contributed by atoms with E-state index in [4.69, 9.17) is 16.1 Å². The Morgan fingerprint density at radius 3 is 2.34 bits per heavy atom. The average Bonchev–Trinajstić information content (AvgIpc) is 3.21. The Labute approximate surface area is 200 Å². The Balaban J connectivity index is 1.72. The van der Waals surface area contributed by atoms with Gasteiger partial charge in [0.25, 0.3) is 0 Å². The second-order valence-corrected chi connectivity index (χ2v) is 10.7. The number of aromatic nitrogens is 2. The van der Waals surface area contributed by atoms with E-state index >= 15 is 0 Å². The fourth-order valence-corrected chi connectivity index (χ4v) is 4.40. The first-order valence-electron chi connectivity index (χ1n) is 9.68. The molecule has 0 aliphatic rings. The fraction of sp³-hybridized carbons (Fsp3) is 0.286. The SMILES string of the molecule is CC(C)N(Cc1nc(-c2ccc(Cl)cc2)no1)C(=O)CN(C)S(=O)(=O)c1ccc(Br)cc1. The van der Waals surface area contributed by atoms with Crippen LogP contribution in [0, 0.1) is 0 Å². The summed E-state index contributed by atoms with van der Waals surface area (Å²) < 4.78 is 32.7. The van der Waals surface area contributed by atoms with E-state index in [1.807, 2.05) is 13.8 Å². The molecule has 0 spiro atoms. The topological polar surface area (TPSA) is 96.6 Å². The molecule has 3 aromatic rings. The van der Waals surface area contributed by atoms with Gasteiger partial charge in [-0.25, -0.2) is 8.42 Å². The fourth-order valence-electron chi connectivity index (χ4n) is 2.89. The van der Waals surface area contributed by atoms with Gasteiger partial charge in [0.1, 0.15) is 6.54 Å². The van der Waals surface area contributed by atoms with Crippen LogP contribution < -0.4 is 0 Å². The highest BCUT2D eigenvalue weighted by Crippen LogP contribution is 2.21. The van der Waals surface area contributed by atoms with E-state index in [0.29, 0.717) is 10.8 Å². The van der Waals surface area contributed by atoms with Gasteiger partial charge in [0, 0.05) is 28.1 Å². The number of rotatable bonds is 8.